The molecular formula is C8H11NO5S4. The SMILES string of the molecule is CS(=O)(=O)OC(C=S)CNS(=O)(=O)c1cccs1. The van der Waals surface area contributed by atoms with Crippen molar-refractivity contribution in [1.29, 1.82) is 0 Å². The van der Waals surface area contributed by atoms with Gasteiger partial charge in [0.15, 0.2) is 0 Å². The molecule has 0 spiro atoms. The third-order valence-electron chi connectivity index (χ3n) is 1.68. The molecule has 0 aliphatic rings. The molecule has 0 saturated carbocycles. The van der Waals surface area contributed by atoms with Crippen molar-refractivity contribution in [2.75, 3.05) is 12.8 Å². The van der Waals surface area contributed by atoms with Crippen LogP contribution in [0.2, 0.25) is 0 Å². The standard InChI is InChI=1S/C8H11NO5S4/c1-17(10,11)14-7(6-15)5-9-18(12,13)8-3-2-4-16-8/h2-4,6-7,9H,5H2,1H3. The Bertz CT molecular complexity index is 589. The minimum absolute atomic E-state index is 0.143. The first-order valence-electron chi connectivity index (χ1n) is 4.61. The smallest absolute Gasteiger partial charge is 0.260 e. The Balaban J connectivity index is 2.67. The zero-order valence-electron chi connectivity index (χ0n) is 9.27. The molecule has 0 radical (unpaired) electrons. The summed E-state index contributed by atoms with van der Waals surface area (Å²) in [5.74, 6) is 0. The molecule has 0 amide bonds. The van der Waals surface area contributed by atoms with E-state index in [9.17, 15) is 16.8 Å². The monoisotopic (exact) mass is 329 g/mol. The minimum Gasteiger partial charge on any atom is -0.260 e. The van der Waals surface area contributed by atoms with E-state index < -0.39 is 26.2 Å². The second-order valence-electron chi connectivity index (χ2n) is 3.26. The molecular weight excluding hydrogens is 318 g/mol. The van der Waals surface area contributed by atoms with Crippen LogP contribution in [0.3, 0.4) is 0 Å². The molecule has 0 aliphatic carbocycles. The van der Waals surface area contributed by atoms with Gasteiger partial charge in [-0.3, -0.25) is 4.18 Å². The molecule has 0 saturated heterocycles. The van der Waals surface area contributed by atoms with Gasteiger partial charge in [-0.1, -0.05) is 18.3 Å². The van der Waals surface area contributed by atoms with Crippen LogP contribution >= 0.6 is 23.6 Å². The van der Waals surface area contributed by atoms with Crippen LogP contribution in [0.4, 0.5) is 0 Å². The fourth-order valence-corrected chi connectivity index (χ4v) is 3.89. The highest BCUT2D eigenvalue weighted by Crippen LogP contribution is 2.15. The lowest BCUT2D eigenvalue weighted by Crippen LogP contribution is -2.35. The van der Waals surface area contributed by atoms with Gasteiger partial charge in [-0.05, 0) is 11.4 Å². The molecule has 1 aromatic heterocycles. The van der Waals surface area contributed by atoms with Gasteiger partial charge >= 0.3 is 0 Å². The molecule has 10 heteroatoms. The Morgan fingerprint density at radius 3 is 2.61 bits per heavy atom. The van der Waals surface area contributed by atoms with Crippen molar-refractivity contribution in [3.8, 4) is 0 Å². The summed E-state index contributed by atoms with van der Waals surface area (Å²) < 4.78 is 52.2. The van der Waals surface area contributed by atoms with E-state index in [0.29, 0.717) is 0 Å². The Kier molecular flexibility index (Phi) is 5.37. The molecule has 6 nitrogen and oxygen atoms in total. The highest BCUT2D eigenvalue weighted by molar-refractivity contribution is 7.91. The van der Waals surface area contributed by atoms with Crippen LogP contribution < -0.4 is 4.72 Å². The molecule has 0 aliphatic heterocycles. The van der Waals surface area contributed by atoms with E-state index in [2.05, 4.69) is 21.1 Å². The van der Waals surface area contributed by atoms with Crippen LogP contribution in [-0.2, 0) is 24.3 Å². The largest absolute Gasteiger partial charge is 0.265 e. The molecule has 1 heterocycles. The Labute approximate surface area is 115 Å². The molecule has 0 aromatic carbocycles. The van der Waals surface area contributed by atoms with Crippen molar-refractivity contribution in [2.45, 2.75) is 10.3 Å². The molecule has 102 valence electrons. The molecule has 18 heavy (non-hydrogen) atoms. The quantitative estimate of drug-likeness (QED) is 0.574. The Morgan fingerprint density at radius 2 is 2.17 bits per heavy atom. The van der Waals surface area contributed by atoms with Crippen LogP contribution in [0.1, 0.15) is 0 Å². The van der Waals surface area contributed by atoms with Gasteiger partial charge in [0.1, 0.15) is 10.3 Å². The van der Waals surface area contributed by atoms with Gasteiger partial charge in [0.05, 0.1) is 6.26 Å². The average Bonchev–Trinajstić information content (AvgIpc) is 2.76. The van der Waals surface area contributed by atoms with E-state index in [1.54, 1.807) is 11.4 Å². The van der Waals surface area contributed by atoms with Gasteiger partial charge < -0.3 is 0 Å². The lowest BCUT2D eigenvalue weighted by molar-refractivity contribution is 0.283. The molecule has 1 aromatic rings. The lowest BCUT2D eigenvalue weighted by atomic mass is 10.4. The molecule has 0 fully saturated rings. The van der Waals surface area contributed by atoms with Crippen molar-refractivity contribution in [1.82, 2.24) is 4.72 Å². The zero-order valence-corrected chi connectivity index (χ0v) is 12.5. The van der Waals surface area contributed by atoms with Crippen LogP contribution in [0.5, 0.6) is 0 Å². The Morgan fingerprint density at radius 1 is 1.50 bits per heavy atom. The fourth-order valence-electron chi connectivity index (χ4n) is 1.01. The van der Waals surface area contributed by atoms with E-state index >= 15 is 0 Å². The molecule has 0 bridgehead atoms. The number of hydrogen-bond donors (Lipinski definition) is 1. The lowest BCUT2D eigenvalue weighted by Gasteiger charge is -2.11. The first-order valence-corrected chi connectivity index (χ1v) is 9.26. The normalized spacial score (nSPS) is 14.3. The second-order valence-corrected chi connectivity index (χ2v) is 8.07. The summed E-state index contributed by atoms with van der Waals surface area (Å²) in [6.45, 7) is -0.239. The maximum absolute atomic E-state index is 11.7. The summed E-state index contributed by atoms with van der Waals surface area (Å²) in [6.07, 6.45) is -0.142. The maximum atomic E-state index is 11.7. The third kappa shape index (κ3) is 5.08. The van der Waals surface area contributed by atoms with E-state index in [1.165, 1.54) is 6.07 Å². The summed E-state index contributed by atoms with van der Waals surface area (Å²) in [5, 5.41) is 2.68. The number of hydrogen-bond acceptors (Lipinski definition) is 7. The molecule has 1 N–H and O–H groups in total. The van der Waals surface area contributed by atoms with E-state index in [1.807, 2.05) is 0 Å². The summed E-state index contributed by atoms with van der Waals surface area (Å²) in [5.41, 5.74) is 0. The molecule has 1 atom stereocenters. The van der Waals surface area contributed by atoms with Crippen LogP contribution in [0.15, 0.2) is 21.7 Å². The van der Waals surface area contributed by atoms with Gasteiger partial charge in [0.25, 0.3) is 10.1 Å². The van der Waals surface area contributed by atoms with Crippen molar-refractivity contribution in [3.05, 3.63) is 17.5 Å². The third-order valence-corrected chi connectivity index (χ3v) is 5.41. The predicted molar refractivity (Wildman–Crippen MR) is 72.9 cm³/mol. The van der Waals surface area contributed by atoms with Crippen molar-refractivity contribution in [2.24, 2.45) is 0 Å². The van der Waals surface area contributed by atoms with Gasteiger partial charge in [-0.25, -0.2) is 13.1 Å². The van der Waals surface area contributed by atoms with Gasteiger partial charge in [-0.15, -0.1) is 11.3 Å². The van der Waals surface area contributed by atoms with Crippen molar-refractivity contribution in [3.63, 3.8) is 0 Å². The fraction of sp³-hybridized carbons (Fsp3) is 0.375. The number of nitrogens with one attached hydrogen (secondary N) is 1. The van der Waals surface area contributed by atoms with Crippen LogP contribution in [-0.4, -0.2) is 41.1 Å². The summed E-state index contributed by atoms with van der Waals surface area (Å²) in [6, 6.07) is 3.04. The topological polar surface area (TPSA) is 89.5 Å². The summed E-state index contributed by atoms with van der Waals surface area (Å²) >= 11 is 5.64. The highest BCUT2D eigenvalue weighted by atomic mass is 32.2. The van der Waals surface area contributed by atoms with E-state index in [-0.39, 0.29) is 10.8 Å². The maximum Gasteiger partial charge on any atom is 0.265 e. The summed E-state index contributed by atoms with van der Waals surface area (Å²) in [7, 11) is -7.34. The van der Waals surface area contributed by atoms with Gasteiger partial charge in [-0.2, -0.15) is 8.42 Å². The number of thiocarbonyl (C=S) groups is 1. The highest BCUT2D eigenvalue weighted by Gasteiger charge is 2.19. The van der Waals surface area contributed by atoms with Crippen LogP contribution in [0.25, 0.3) is 0 Å². The number of sulfonamides is 1. The first-order chi connectivity index (χ1) is 8.24. The number of rotatable bonds is 7. The van der Waals surface area contributed by atoms with Crippen LogP contribution in [0, 0.1) is 0 Å². The Hall–Kier alpha value is -0.390. The summed E-state index contributed by atoms with van der Waals surface area (Å²) in [4.78, 5) is 0. The first kappa shape index (κ1) is 15.7. The second kappa shape index (κ2) is 6.17. The number of thiophene rings is 1. The average molecular weight is 329 g/mol. The predicted octanol–water partition coefficient (Wildman–Crippen LogP) is 0.371. The zero-order chi connectivity index (χ0) is 13.8. The van der Waals surface area contributed by atoms with E-state index in [4.69, 9.17) is 0 Å². The van der Waals surface area contributed by atoms with Crippen molar-refractivity contribution < 1.29 is 21.0 Å². The molecule has 1 rings (SSSR count). The van der Waals surface area contributed by atoms with Crippen molar-refractivity contribution >= 4 is 49.1 Å². The van der Waals surface area contributed by atoms with E-state index in [0.717, 1.165) is 23.0 Å². The minimum atomic E-state index is -3.69. The molecule has 1 unspecified atom stereocenters. The van der Waals surface area contributed by atoms with Gasteiger partial charge in [0, 0.05) is 11.9 Å². The van der Waals surface area contributed by atoms with Gasteiger partial charge in [0.2, 0.25) is 10.0 Å².